The van der Waals surface area contributed by atoms with E-state index in [9.17, 15) is 14.8 Å². The van der Waals surface area contributed by atoms with Gasteiger partial charge in [-0.15, -0.1) is 0 Å². The summed E-state index contributed by atoms with van der Waals surface area (Å²) in [5.74, 6) is 0.0371. The molecule has 0 aliphatic carbocycles. The molecule has 0 aromatic rings. The molecule has 2 aliphatic heterocycles. The van der Waals surface area contributed by atoms with E-state index in [2.05, 4.69) is 9.97 Å². The first-order valence-corrected chi connectivity index (χ1v) is 4.67. The van der Waals surface area contributed by atoms with Crippen LogP contribution in [0.15, 0.2) is 21.9 Å². The molecule has 2 aliphatic rings. The molecule has 2 rings (SSSR count). The van der Waals surface area contributed by atoms with Crippen LogP contribution in [0.3, 0.4) is 0 Å². The maximum absolute atomic E-state index is 10.9. The Labute approximate surface area is 90.7 Å². The lowest BCUT2D eigenvalue weighted by molar-refractivity contribution is 0.185. The van der Waals surface area contributed by atoms with Crippen LogP contribution in [0.25, 0.3) is 11.5 Å². The molecule has 0 unspecified atom stereocenters. The number of aromatic nitrogens is 3. The third-order valence-corrected chi connectivity index (χ3v) is 2.23. The van der Waals surface area contributed by atoms with Gasteiger partial charge in [-0.25, -0.2) is 0 Å². The molecule has 0 saturated heterocycles. The van der Waals surface area contributed by atoms with Crippen LogP contribution in [0.4, 0.5) is 0 Å². The number of H-pyrrole nitrogens is 1. The van der Waals surface area contributed by atoms with Crippen molar-refractivity contribution in [3.05, 3.63) is 36.5 Å². The lowest BCUT2D eigenvalue weighted by atomic mass is 10.3. The predicted octanol–water partition coefficient (Wildman–Crippen LogP) is -0.122. The molecule has 0 bridgehead atoms. The average Bonchev–Trinajstić information content (AvgIpc) is 2.08. The number of pyridine rings is 1. The molecule has 0 amide bonds. The highest BCUT2D eigenvalue weighted by molar-refractivity contribution is 14.1. The lowest BCUT2D eigenvalue weighted by Crippen LogP contribution is -2.31. The van der Waals surface area contributed by atoms with E-state index in [1.807, 2.05) is 22.6 Å². The van der Waals surface area contributed by atoms with E-state index in [1.165, 1.54) is 6.20 Å². The number of hydrogen-bond acceptors (Lipinski definition) is 4. The predicted molar refractivity (Wildman–Crippen MR) is 55.6 cm³/mol. The Kier molecular flexibility index (Phi) is 2.02. The molecule has 14 heavy (non-hydrogen) atoms. The van der Waals surface area contributed by atoms with Crippen LogP contribution in [-0.2, 0) is 0 Å². The summed E-state index contributed by atoms with van der Waals surface area (Å²) < 4.78 is 1.42. The molecular weight excluding hydrogens is 301 g/mol. The minimum atomic E-state index is -0.915. The molecule has 0 atom stereocenters. The Hall–Kier alpha value is -1.38. The fourth-order valence-electron chi connectivity index (χ4n) is 1.07. The highest BCUT2D eigenvalue weighted by atomic mass is 127. The summed E-state index contributed by atoms with van der Waals surface area (Å²) in [5.41, 5.74) is -1.38. The topological polar surface area (TPSA) is 88.0 Å². The summed E-state index contributed by atoms with van der Waals surface area (Å²) in [6.07, 6.45) is 1.38. The quantitative estimate of drug-likeness (QED) is 0.403. The van der Waals surface area contributed by atoms with Crippen LogP contribution in [0, 0.1) is 3.57 Å². The summed E-state index contributed by atoms with van der Waals surface area (Å²) in [6, 6.07) is 1.61. The average molecular weight is 305 g/mol. The van der Waals surface area contributed by atoms with Crippen molar-refractivity contribution in [1.82, 2.24) is 14.7 Å². The molecule has 6 nitrogen and oxygen atoms in total. The molecular formula is C7H4IN3O3. The first-order chi connectivity index (χ1) is 6.58. The number of nitrogens with one attached hydrogen (secondary N) is 1. The van der Waals surface area contributed by atoms with Gasteiger partial charge in [-0.2, -0.15) is 9.71 Å². The number of fused-ring (bicyclic) bond motifs is 1. The minimum absolute atomic E-state index is 0.0371. The maximum atomic E-state index is 10.9. The van der Waals surface area contributed by atoms with Gasteiger partial charge in [0.05, 0.1) is 11.9 Å². The zero-order valence-corrected chi connectivity index (χ0v) is 8.85. The summed E-state index contributed by atoms with van der Waals surface area (Å²) in [5, 5.41) is 9.36. The van der Waals surface area contributed by atoms with Crippen molar-refractivity contribution in [1.29, 1.82) is 0 Å². The number of aromatic amines is 1. The zero-order chi connectivity index (χ0) is 10.3. The van der Waals surface area contributed by atoms with Gasteiger partial charge in [-0.1, -0.05) is 0 Å². The second-order valence-corrected chi connectivity index (χ2v) is 3.86. The zero-order valence-electron chi connectivity index (χ0n) is 6.69. The lowest BCUT2D eigenvalue weighted by Gasteiger charge is -2.07. The van der Waals surface area contributed by atoms with Gasteiger partial charge in [0.25, 0.3) is 0 Å². The van der Waals surface area contributed by atoms with Crippen molar-refractivity contribution in [3.63, 3.8) is 0 Å². The summed E-state index contributed by atoms with van der Waals surface area (Å²) in [6.45, 7) is 0. The van der Waals surface area contributed by atoms with E-state index >= 15 is 0 Å². The van der Waals surface area contributed by atoms with E-state index < -0.39 is 11.1 Å². The van der Waals surface area contributed by atoms with Crippen LogP contribution in [0.1, 0.15) is 0 Å². The molecule has 0 spiro atoms. The Bertz CT molecular complexity index is 574. The standard InChI is InChI=1S/C7H4IN3O3/c8-3-1-4-5(11(14)2-3)10-7(13)6(12)9-4/h1-2,14H,(H,9,12). The van der Waals surface area contributed by atoms with E-state index in [4.69, 9.17) is 0 Å². The smallest absolute Gasteiger partial charge is 0.337 e. The summed E-state index contributed by atoms with van der Waals surface area (Å²) in [4.78, 5) is 27.6. The Morgan fingerprint density at radius 3 is 2.93 bits per heavy atom. The maximum Gasteiger partial charge on any atom is 0.337 e. The van der Waals surface area contributed by atoms with Gasteiger partial charge in [0.1, 0.15) is 0 Å². The minimum Gasteiger partial charge on any atom is -0.427 e. The van der Waals surface area contributed by atoms with Crippen molar-refractivity contribution in [2.75, 3.05) is 0 Å². The molecule has 2 N–H and O–H groups in total. The van der Waals surface area contributed by atoms with Crippen LogP contribution < -0.4 is 11.1 Å². The molecule has 0 radical (unpaired) electrons. The van der Waals surface area contributed by atoms with Gasteiger partial charge in [0.15, 0.2) is 5.82 Å². The fraction of sp³-hybridized carbons (Fsp3) is 0. The molecule has 0 fully saturated rings. The summed E-state index contributed by atoms with van der Waals surface area (Å²) >= 11 is 1.97. The Morgan fingerprint density at radius 2 is 2.21 bits per heavy atom. The first kappa shape index (κ1) is 9.19. The normalized spacial score (nSPS) is 10.6. The molecule has 0 aromatic heterocycles. The molecule has 7 heteroatoms. The van der Waals surface area contributed by atoms with E-state index in [0.29, 0.717) is 14.0 Å². The second kappa shape index (κ2) is 3.08. The molecule has 0 saturated carbocycles. The van der Waals surface area contributed by atoms with Gasteiger partial charge in [-0.05, 0) is 28.7 Å². The van der Waals surface area contributed by atoms with Crippen molar-refractivity contribution < 1.29 is 5.21 Å². The van der Waals surface area contributed by atoms with Crippen molar-refractivity contribution in [3.8, 4) is 11.5 Å². The fourth-order valence-corrected chi connectivity index (χ4v) is 1.64. The second-order valence-electron chi connectivity index (χ2n) is 2.61. The van der Waals surface area contributed by atoms with E-state index in [1.54, 1.807) is 6.07 Å². The monoisotopic (exact) mass is 305 g/mol. The third kappa shape index (κ3) is 1.39. The number of halogens is 1. The Balaban J connectivity index is 2.96. The summed E-state index contributed by atoms with van der Waals surface area (Å²) in [7, 11) is 0. The SMILES string of the molecule is O=c1nc2n(O)cc(I)cc-2[nH]c1=O. The molecule has 2 heterocycles. The van der Waals surface area contributed by atoms with Gasteiger partial charge in [0.2, 0.25) is 0 Å². The number of hydrogen-bond donors (Lipinski definition) is 2. The highest BCUT2D eigenvalue weighted by Crippen LogP contribution is 2.15. The Morgan fingerprint density at radius 1 is 1.50 bits per heavy atom. The van der Waals surface area contributed by atoms with Crippen LogP contribution in [0.2, 0.25) is 0 Å². The number of rotatable bonds is 0. The van der Waals surface area contributed by atoms with Crippen LogP contribution >= 0.6 is 22.6 Å². The molecule has 72 valence electrons. The van der Waals surface area contributed by atoms with Gasteiger partial charge in [0, 0.05) is 3.57 Å². The van der Waals surface area contributed by atoms with Gasteiger partial charge in [-0.3, -0.25) is 9.59 Å². The third-order valence-electron chi connectivity index (χ3n) is 1.64. The largest absolute Gasteiger partial charge is 0.427 e. The van der Waals surface area contributed by atoms with E-state index in [-0.39, 0.29) is 5.82 Å². The highest BCUT2D eigenvalue weighted by Gasteiger charge is 2.11. The van der Waals surface area contributed by atoms with Gasteiger partial charge >= 0.3 is 11.1 Å². The van der Waals surface area contributed by atoms with Crippen LogP contribution in [-0.4, -0.2) is 19.9 Å². The number of nitrogens with zero attached hydrogens (tertiary/aromatic N) is 2. The van der Waals surface area contributed by atoms with Gasteiger partial charge < -0.3 is 10.2 Å². The first-order valence-electron chi connectivity index (χ1n) is 3.59. The molecule has 0 aromatic carbocycles. The van der Waals surface area contributed by atoms with Crippen LogP contribution in [0.5, 0.6) is 0 Å². The van der Waals surface area contributed by atoms with Crippen molar-refractivity contribution in [2.24, 2.45) is 0 Å². The van der Waals surface area contributed by atoms with Crippen molar-refractivity contribution >= 4 is 22.6 Å². The van der Waals surface area contributed by atoms with E-state index in [0.717, 1.165) is 0 Å². The van der Waals surface area contributed by atoms with Crippen molar-refractivity contribution in [2.45, 2.75) is 0 Å².